The number of aromatic nitrogens is 2. The first-order valence-electron chi connectivity index (χ1n) is 7.49. The number of piperidine rings is 1. The van der Waals surface area contributed by atoms with Gasteiger partial charge in [-0.1, -0.05) is 0 Å². The molecule has 13 heteroatoms. The van der Waals surface area contributed by atoms with Crippen LogP contribution >= 0.6 is 0 Å². The highest BCUT2D eigenvalue weighted by atomic mass is 32.3. The number of nitrogens with zero attached hydrogens (tertiary/aromatic N) is 4. The number of urea groups is 1. The van der Waals surface area contributed by atoms with Gasteiger partial charge in [0.2, 0.25) is 0 Å². The molecular weight excluding hydrogens is 358 g/mol. The van der Waals surface area contributed by atoms with Crippen LogP contribution in [0.25, 0.3) is 0 Å². The summed E-state index contributed by atoms with van der Waals surface area (Å²) in [7, 11) is -4.81. The van der Waals surface area contributed by atoms with Crippen LogP contribution in [0.1, 0.15) is 12.8 Å². The minimum absolute atomic E-state index is 0.126. The van der Waals surface area contributed by atoms with Gasteiger partial charge in [0.05, 0.1) is 19.0 Å². The van der Waals surface area contributed by atoms with Crippen LogP contribution in [-0.2, 0) is 30.9 Å². The SMILES string of the molecule is O=C(NOCCn1ccnc1)[C@@H]1CC[C@@H]2CN1C(=O)N2OS(=O)(=O)O. The van der Waals surface area contributed by atoms with Gasteiger partial charge >= 0.3 is 16.4 Å². The molecule has 3 heterocycles. The summed E-state index contributed by atoms with van der Waals surface area (Å²) in [6.45, 7) is 0.830. The highest BCUT2D eigenvalue weighted by Gasteiger charge is 2.49. The molecule has 0 radical (unpaired) electrons. The molecule has 12 nitrogen and oxygen atoms in total. The molecule has 3 rings (SSSR count). The summed E-state index contributed by atoms with van der Waals surface area (Å²) in [5.74, 6) is -0.508. The molecule has 1 aromatic heterocycles. The van der Waals surface area contributed by atoms with Gasteiger partial charge in [-0.3, -0.25) is 14.2 Å². The fraction of sp³-hybridized carbons (Fsp3) is 0.583. The summed E-state index contributed by atoms with van der Waals surface area (Å²) in [5, 5.41) is 0.586. The second-order valence-corrected chi connectivity index (χ2v) is 6.63. The summed E-state index contributed by atoms with van der Waals surface area (Å²) in [6, 6.07) is -2.13. The van der Waals surface area contributed by atoms with Crippen molar-refractivity contribution in [2.45, 2.75) is 31.5 Å². The van der Waals surface area contributed by atoms with Crippen molar-refractivity contribution in [1.29, 1.82) is 0 Å². The van der Waals surface area contributed by atoms with E-state index in [1.165, 1.54) is 4.90 Å². The van der Waals surface area contributed by atoms with Gasteiger partial charge in [-0.15, -0.1) is 4.28 Å². The zero-order chi connectivity index (χ0) is 18.0. The third-order valence-electron chi connectivity index (χ3n) is 3.98. The van der Waals surface area contributed by atoms with Crippen LogP contribution in [0.15, 0.2) is 18.7 Å². The summed E-state index contributed by atoms with van der Waals surface area (Å²) in [4.78, 5) is 34.6. The predicted molar refractivity (Wildman–Crippen MR) is 79.7 cm³/mol. The molecule has 0 aromatic carbocycles. The normalized spacial score (nSPS) is 23.2. The van der Waals surface area contributed by atoms with E-state index in [-0.39, 0.29) is 13.2 Å². The highest BCUT2D eigenvalue weighted by Crippen LogP contribution is 2.30. The van der Waals surface area contributed by atoms with E-state index in [9.17, 15) is 18.0 Å². The van der Waals surface area contributed by atoms with Crippen molar-refractivity contribution in [3.63, 3.8) is 0 Å². The molecular formula is C12H17N5O7S. The molecule has 2 fully saturated rings. The van der Waals surface area contributed by atoms with Crippen LogP contribution < -0.4 is 5.48 Å². The molecule has 0 unspecified atom stereocenters. The quantitative estimate of drug-likeness (QED) is 0.348. The Morgan fingerprint density at radius 3 is 2.92 bits per heavy atom. The Morgan fingerprint density at radius 2 is 2.24 bits per heavy atom. The molecule has 2 saturated heterocycles. The molecule has 2 bridgehead atoms. The second kappa shape index (κ2) is 6.95. The van der Waals surface area contributed by atoms with Crippen molar-refractivity contribution >= 4 is 22.3 Å². The third kappa shape index (κ3) is 4.07. The highest BCUT2D eigenvalue weighted by molar-refractivity contribution is 7.80. The van der Waals surface area contributed by atoms with E-state index in [1.807, 2.05) is 0 Å². The van der Waals surface area contributed by atoms with Gasteiger partial charge in [0.1, 0.15) is 6.04 Å². The van der Waals surface area contributed by atoms with Crippen molar-refractivity contribution in [1.82, 2.24) is 25.0 Å². The van der Waals surface area contributed by atoms with Crippen molar-refractivity contribution in [2.75, 3.05) is 13.2 Å². The van der Waals surface area contributed by atoms with E-state index in [1.54, 1.807) is 23.3 Å². The monoisotopic (exact) mass is 375 g/mol. The summed E-state index contributed by atoms with van der Waals surface area (Å²) in [6.07, 6.45) is 5.65. The van der Waals surface area contributed by atoms with Crippen molar-refractivity contribution < 1.29 is 31.7 Å². The van der Waals surface area contributed by atoms with E-state index in [4.69, 9.17) is 9.39 Å². The van der Waals surface area contributed by atoms with Crippen molar-refractivity contribution in [3.05, 3.63) is 18.7 Å². The number of nitrogens with one attached hydrogen (secondary N) is 1. The van der Waals surface area contributed by atoms with Gasteiger partial charge in [0, 0.05) is 25.5 Å². The molecule has 1 aromatic rings. The molecule has 0 saturated carbocycles. The van der Waals surface area contributed by atoms with Crippen molar-refractivity contribution in [3.8, 4) is 0 Å². The maximum atomic E-state index is 12.2. The number of amides is 3. The number of carbonyl (C=O) groups excluding carboxylic acids is 2. The fourth-order valence-corrected chi connectivity index (χ4v) is 3.25. The predicted octanol–water partition coefficient (Wildman–Crippen LogP) is -1.07. The van der Waals surface area contributed by atoms with Gasteiger partial charge < -0.3 is 9.47 Å². The van der Waals surface area contributed by atoms with Crippen LogP contribution in [0.3, 0.4) is 0 Å². The Kier molecular flexibility index (Phi) is 4.89. The Morgan fingerprint density at radius 1 is 1.44 bits per heavy atom. The second-order valence-electron chi connectivity index (χ2n) is 5.63. The smallest absolute Gasteiger partial charge is 0.335 e. The first-order valence-corrected chi connectivity index (χ1v) is 8.86. The van der Waals surface area contributed by atoms with Crippen LogP contribution in [0.4, 0.5) is 4.79 Å². The number of rotatable bonds is 7. The standard InChI is InChI=1S/C12H17N5O7S/c18-11(14-23-6-5-15-4-3-13-8-15)10-2-1-9-7-16(10)12(19)17(9)24-25(20,21)22/h3-4,8-10H,1-2,5-7H2,(H,14,18)(H,20,21,22)/t9-,10+/m1/s1. The van der Waals surface area contributed by atoms with E-state index < -0.39 is 34.4 Å². The Hall–Kier alpha value is -2.22. The Bertz CT molecular complexity index is 737. The lowest BCUT2D eigenvalue weighted by Crippen LogP contribution is -2.49. The topological polar surface area (TPSA) is 143 Å². The van der Waals surface area contributed by atoms with E-state index in [0.717, 1.165) is 0 Å². The Balaban J connectivity index is 1.51. The number of hydroxylamine groups is 3. The molecule has 3 amide bonds. The zero-order valence-electron chi connectivity index (χ0n) is 13.0. The van der Waals surface area contributed by atoms with Gasteiger partial charge in [-0.2, -0.15) is 13.5 Å². The van der Waals surface area contributed by atoms with E-state index in [2.05, 4.69) is 14.7 Å². The fourth-order valence-electron chi connectivity index (χ4n) is 2.86. The minimum atomic E-state index is -4.81. The minimum Gasteiger partial charge on any atom is -0.335 e. The molecule has 0 aliphatic carbocycles. The average molecular weight is 375 g/mol. The summed E-state index contributed by atoms with van der Waals surface area (Å²) < 4.78 is 36.5. The molecule has 25 heavy (non-hydrogen) atoms. The lowest BCUT2D eigenvalue weighted by Gasteiger charge is -2.28. The Labute approximate surface area is 143 Å². The maximum absolute atomic E-state index is 12.2. The largest absolute Gasteiger partial charge is 0.418 e. The maximum Gasteiger partial charge on any atom is 0.418 e. The van der Waals surface area contributed by atoms with Gasteiger partial charge in [0.25, 0.3) is 5.91 Å². The average Bonchev–Trinajstić information content (AvgIpc) is 3.14. The number of carbonyl (C=O) groups is 2. The molecule has 2 atom stereocenters. The lowest BCUT2D eigenvalue weighted by atomic mass is 10.0. The zero-order valence-corrected chi connectivity index (χ0v) is 13.8. The van der Waals surface area contributed by atoms with Crippen LogP contribution in [0.5, 0.6) is 0 Å². The number of hydrogen-bond acceptors (Lipinski definition) is 7. The molecule has 138 valence electrons. The molecule has 0 spiro atoms. The van der Waals surface area contributed by atoms with Crippen molar-refractivity contribution in [2.24, 2.45) is 0 Å². The first kappa shape index (κ1) is 17.6. The van der Waals surface area contributed by atoms with E-state index in [0.29, 0.717) is 24.4 Å². The van der Waals surface area contributed by atoms with Crippen LogP contribution in [0.2, 0.25) is 0 Å². The lowest BCUT2D eigenvalue weighted by molar-refractivity contribution is -0.139. The first-order chi connectivity index (χ1) is 11.8. The summed E-state index contributed by atoms with van der Waals surface area (Å²) in [5.41, 5.74) is 2.29. The van der Waals surface area contributed by atoms with E-state index >= 15 is 0 Å². The third-order valence-corrected chi connectivity index (χ3v) is 4.33. The number of imidazole rings is 1. The molecule has 2 aliphatic rings. The molecule has 2 aliphatic heterocycles. The number of hydrogen-bond donors (Lipinski definition) is 2. The van der Waals surface area contributed by atoms with Gasteiger partial charge in [-0.25, -0.2) is 15.3 Å². The van der Waals surface area contributed by atoms with Crippen LogP contribution in [-0.4, -0.2) is 69.7 Å². The van der Waals surface area contributed by atoms with Gasteiger partial charge in [-0.05, 0) is 12.8 Å². The summed E-state index contributed by atoms with van der Waals surface area (Å²) >= 11 is 0. The molecule has 2 N–H and O–H groups in total. The van der Waals surface area contributed by atoms with Gasteiger partial charge in [0.15, 0.2) is 0 Å². The number of fused-ring (bicyclic) bond motifs is 2. The van der Waals surface area contributed by atoms with Crippen LogP contribution in [0, 0.1) is 0 Å².